The smallest absolute Gasteiger partial charge is 0.161 e. The molecule has 0 radical (unpaired) electrons. The van der Waals surface area contributed by atoms with E-state index in [1.807, 2.05) is 0 Å². The molecule has 0 spiro atoms. The van der Waals surface area contributed by atoms with Gasteiger partial charge in [-0.15, -0.1) is 0 Å². The Balaban J connectivity index is 0.000000396. The van der Waals surface area contributed by atoms with Crippen molar-refractivity contribution in [3.63, 3.8) is 0 Å². The standard InChI is InChI=1S/C8H7BrO3.C7H17N/c1-12-8-3-6(9)5(4-10)2-7(8)11;1-2-3-4-5-6-7-8/h2-4,11H,1H3;2-8H2,1H3. The Labute approximate surface area is 129 Å². The fraction of sp³-hybridized carbons (Fsp3) is 0.533. The quantitative estimate of drug-likeness (QED) is 0.580. The van der Waals surface area contributed by atoms with Crippen molar-refractivity contribution in [2.45, 2.75) is 39.0 Å². The van der Waals surface area contributed by atoms with Crippen LogP contribution in [-0.2, 0) is 0 Å². The molecule has 0 amide bonds. The van der Waals surface area contributed by atoms with Crippen molar-refractivity contribution in [3.05, 3.63) is 22.2 Å². The van der Waals surface area contributed by atoms with Crippen molar-refractivity contribution >= 4 is 22.2 Å². The van der Waals surface area contributed by atoms with Crippen LogP contribution in [0.4, 0.5) is 0 Å². The number of benzene rings is 1. The summed E-state index contributed by atoms with van der Waals surface area (Å²) in [6.45, 7) is 3.09. The Hall–Kier alpha value is -1.07. The molecular formula is C15H24BrNO3. The molecule has 5 heteroatoms. The number of hydrogen-bond donors (Lipinski definition) is 2. The first-order chi connectivity index (χ1) is 9.60. The largest absolute Gasteiger partial charge is 0.504 e. The van der Waals surface area contributed by atoms with E-state index < -0.39 is 0 Å². The summed E-state index contributed by atoms with van der Waals surface area (Å²) < 4.78 is 5.43. The molecule has 3 N–H and O–H groups in total. The lowest BCUT2D eigenvalue weighted by atomic mass is 10.2. The van der Waals surface area contributed by atoms with Crippen molar-refractivity contribution in [3.8, 4) is 11.5 Å². The second-order valence-electron chi connectivity index (χ2n) is 4.37. The van der Waals surface area contributed by atoms with Crippen LogP contribution in [0.5, 0.6) is 11.5 Å². The van der Waals surface area contributed by atoms with Crippen LogP contribution in [0.25, 0.3) is 0 Å². The predicted molar refractivity (Wildman–Crippen MR) is 85.6 cm³/mol. The Morgan fingerprint density at radius 1 is 1.30 bits per heavy atom. The molecule has 0 bridgehead atoms. The number of methoxy groups -OCH3 is 1. The van der Waals surface area contributed by atoms with E-state index in [1.165, 1.54) is 45.3 Å². The van der Waals surface area contributed by atoms with Crippen LogP contribution in [0.3, 0.4) is 0 Å². The van der Waals surface area contributed by atoms with E-state index in [2.05, 4.69) is 22.9 Å². The third-order valence-electron chi connectivity index (χ3n) is 2.73. The summed E-state index contributed by atoms with van der Waals surface area (Å²) in [5.74, 6) is 0.301. The van der Waals surface area contributed by atoms with E-state index in [0.717, 1.165) is 6.54 Å². The summed E-state index contributed by atoms with van der Waals surface area (Å²) in [4.78, 5) is 10.4. The minimum absolute atomic E-state index is 0.0391. The molecule has 1 aromatic carbocycles. The van der Waals surface area contributed by atoms with Crippen LogP contribution in [0.2, 0.25) is 0 Å². The lowest BCUT2D eigenvalue weighted by Crippen LogP contribution is -1.97. The Bertz CT molecular complexity index is 391. The lowest BCUT2D eigenvalue weighted by molar-refractivity contribution is 0.112. The van der Waals surface area contributed by atoms with E-state index in [0.29, 0.717) is 22.1 Å². The molecule has 0 heterocycles. The zero-order chi connectivity index (χ0) is 15.4. The van der Waals surface area contributed by atoms with Crippen LogP contribution in [0.1, 0.15) is 49.4 Å². The normalized spacial score (nSPS) is 9.60. The van der Waals surface area contributed by atoms with Gasteiger partial charge in [-0.05, 0) is 41.0 Å². The third-order valence-corrected chi connectivity index (χ3v) is 3.42. The van der Waals surface area contributed by atoms with Gasteiger partial charge in [0.2, 0.25) is 0 Å². The van der Waals surface area contributed by atoms with E-state index >= 15 is 0 Å². The molecule has 20 heavy (non-hydrogen) atoms. The SMILES string of the molecule is CCCCCCCN.COc1cc(Br)c(C=O)cc1O. The number of nitrogens with two attached hydrogens (primary N) is 1. The molecule has 0 aliphatic carbocycles. The molecule has 1 rings (SSSR count). The predicted octanol–water partition coefficient (Wildman–Crippen LogP) is 3.89. The monoisotopic (exact) mass is 345 g/mol. The highest BCUT2D eigenvalue weighted by atomic mass is 79.9. The number of aldehydes is 1. The van der Waals surface area contributed by atoms with Crippen molar-refractivity contribution in [1.82, 2.24) is 0 Å². The van der Waals surface area contributed by atoms with Crippen LogP contribution in [-0.4, -0.2) is 25.0 Å². The molecule has 0 aromatic heterocycles. The average molecular weight is 346 g/mol. The van der Waals surface area contributed by atoms with E-state index in [4.69, 9.17) is 10.5 Å². The van der Waals surface area contributed by atoms with Gasteiger partial charge in [-0.3, -0.25) is 4.79 Å². The summed E-state index contributed by atoms with van der Waals surface area (Å²) in [5, 5.41) is 9.24. The van der Waals surface area contributed by atoms with Crippen molar-refractivity contribution < 1.29 is 14.6 Å². The zero-order valence-corrected chi connectivity index (χ0v) is 13.8. The first-order valence-electron chi connectivity index (χ1n) is 6.82. The number of phenolic OH excluding ortho intramolecular Hbond substituents is 1. The Morgan fingerprint density at radius 3 is 2.45 bits per heavy atom. The van der Waals surface area contributed by atoms with Gasteiger partial charge < -0.3 is 15.6 Å². The molecule has 1 aromatic rings. The molecule has 0 saturated carbocycles. The van der Waals surface area contributed by atoms with Crippen molar-refractivity contribution in [2.24, 2.45) is 5.73 Å². The highest BCUT2D eigenvalue weighted by molar-refractivity contribution is 9.10. The van der Waals surface area contributed by atoms with Crippen molar-refractivity contribution in [2.75, 3.05) is 13.7 Å². The summed E-state index contributed by atoms with van der Waals surface area (Å²) in [6.07, 6.45) is 7.26. The van der Waals surface area contributed by atoms with Gasteiger partial charge in [-0.1, -0.05) is 32.6 Å². The minimum atomic E-state index is -0.0391. The third kappa shape index (κ3) is 7.50. The maximum Gasteiger partial charge on any atom is 0.161 e. The number of hydrogen-bond acceptors (Lipinski definition) is 4. The molecule has 0 saturated heterocycles. The molecule has 114 valence electrons. The van der Waals surface area contributed by atoms with Crippen LogP contribution in [0.15, 0.2) is 16.6 Å². The van der Waals surface area contributed by atoms with Crippen LogP contribution < -0.4 is 10.5 Å². The molecule has 0 unspecified atom stereocenters. The Kier molecular flexibility index (Phi) is 11.1. The fourth-order valence-corrected chi connectivity index (χ4v) is 1.98. The van der Waals surface area contributed by atoms with Crippen LogP contribution >= 0.6 is 15.9 Å². The van der Waals surface area contributed by atoms with Gasteiger partial charge in [0.25, 0.3) is 0 Å². The summed E-state index contributed by atoms with van der Waals surface area (Å²) in [6, 6.07) is 2.88. The second kappa shape index (κ2) is 11.7. The maximum atomic E-state index is 10.4. The highest BCUT2D eigenvalue weighted by Crippen LogP contribution is 2.31. The number of aromatic hydroxyl groups is 1. The average Bonchev–Trinajstić information content (AvgIpc) is 2.46. The maximum absolute atomic E-state index is 10.4. The first kappa shape index (κ1) is 18.9. The molecule has 0 fully saturated rings. The first-order valence-corrected chi connectivity index (χ1v) is 7.61. The molecule has 0 aliphatic heterocycles. The summed E-state index contributed by atoms with van der Waals surface area (Å²) in [5.41, 5.74) is 5.71. The van der Waals surface area contributed by atoms with Gasteiger partial charge in [-0.2, -0.15) is 0 Å². The fourth-order valence-electron chi connectivity index (χ4n) is 1.56. The summed E-state index contributed by atoms with van der Waals surface area (Å²) in [7, 11) is 1.45. The van der Waals surface area contributed by atoms with Gasteiger partial charge in [0.1, 0.15) is 0 Å². The van der Waals surface area contributed by atoms with Gasteiger partial charge in [0.15, 0.2) is 17.8 Å². The zero-order valence-electron chi connectivity index (χ0n) is 12.2. The van der Waals surface area contributed by atoms with Crippen molar-refractivity contribution in [1.29, 1.82) is 0 Å². The molecule has 4 nitrogen and oxygen atoms in total. The Morgan fingerprint density at radius 2 is 1.95 bits per heavy atom. The van der Waals surface area contributed by atoms with Gasteiger partial charge in [0.05, 0.1) is 7.11 Å². The molecule has 0 atom stereocenters. The molecule has 0 aliphatic rings. The van der Waals surface area contributed by atoms with Crippen LogP contribution in [0, 0.1) is 0 Å². The van der Waals surface area contributed by atoms with E-state index in [1.54, 1.807) is 6.07 Å². The number of ether oxygens (including phenoxy) is 1. The number of phenols is 1. The molecular weight excluding hydrogens is 322 g/mol. The van der Waals surface area contributed by atoms with Gasteiger partial charge >= 0.3 is 0 Å². The topological polar surface area (TPSA) is 72.5 Å². The lowest BCUT2D eigenvalue weighted by Gasteiger charge is -2.04. The number of carbonyl (C=O) groups is 1. The minimum Gasteiger partial charge on any atom is -0.504 e. The number of unbranched alkanes of at least 4 members (excludes halogenated alkanes) is 4. The number of carbonyl (C=O) groups excluding carboxylic acids is 1. The number of halogens is 1. The second-order valence-corrected chi connectivity index (χ2v) is 5.22. The number of rotatable bonds is 7. The summed E-state index contributed by atoms with van der Waals surface area (Å²) >= 11 is 3.16. The van der Waals surface area contributed by atoms with Gasteiger partial charge in [0, 0.05) is 10.0 Å². The highest BCUT2D eigenvalue weighted by Gasteiger charge is 2.06. The van der Waals surface area contributed by atoms with E-state index in [9.17, 15) is 9.90 Å². The van der Waals surface area contributed by atoms with Gasteiger partial charge in [-0.25, -0.2) is 0 Å². The van der Waals surface area contributed by atoms with E-state index in [-0.39, 0.29) is 5.75 Å².